The molecule has 0 spiro atoms. The van der Waals surface area contributed by atoms with Gasteiger partial charge in [-0.2, -0.15) is 4.31 Å². The Bertz CT molecular complexity index is 792. The number of benzene rings is 1. The van der Waals surface area contributed by atoms with Crippen molar-refractivity contribution in [3.05, 3.63) is 54.0 Å². The van der Waals surface area contributed by atoms with Crippen LogP contribution in [0.3, 0.4) is 0 Å². The molecule has 0 unspecified atom stereocenters. The molecule has 1 aromatic heterocycles. The molecule has 1 amide bonds. The summed E-state index contributed by atoms with van der Waals surface area (Å²) in [6, 6.07) is 10.2. The maximum Gasteiger partial charge on any atom is 0.286 e. The zero-order valence-corrected chi connectivity index (χ0v) is 14.8. The quantitative estimate of drug-likeness (QED) is 0.856. The van der Waals surface area contributed by atoms with Crippen molar-refractivity contribution < 1.29 is 17.6 Å². The van der Waals surface area contributed by atoms with Crippen LogP contribution in [0.4, 0.5) is 0 Å². The number of piperidine rings is 1. The van der Waals surface area contributed by atoms with Crippen LogP contribution in [0.25, 0.3) is 0 Å². The van der Waals surface area contributed by atoms with E-state index in [4.69, 9.17) is 4.42 Å². The number of nitrogens with zero attached hydrogens (tertiary/aromatic N) is 1. The third kappa shape index (κ3) is 4.29. The number of carbonyl (C=O) groups excluding carboxylic acids is 1. The Labute approximate surface area is 147 Å². The zero-order valence-electron chi connectivity index (χ0n) is 14.0. The van der Waals surface area contributed by atoms with Crippen LogP contribution < -0.4 is 5.32 Å². The fraction of sp³-hybridized carbons (Fsp3) is 0.389. The van der Waals surface area contributed by atoms with E-state index in [1.807, 2.05) is 0 Å². The molecule has 1 aromatic carbocycles. The molecule has 3 rings (SSSR count). The van der Waals surface area contributed by atoms with Crippen molar-refractivity contribution in [2.75, 3.05) is 19.6 Å². The second-order valence-corrected chi connectivity index (χ2v) is 8.03. The summed E-state index contributed by atoms with van der Waals surface area (Å²) in [7, 11) is -3.39. The van der Waals surface area contributed by atoms with Crippen molar-refractivity contribution in [3.63, 3.8) is 0 Å². The van der Waals surface area contributed by atoms with E-state index < -0.39 is 10.0 Å². The van der Waals surface area contributed by atoms with Crippen LogP contribution in [0.15, 0.2) is 52.0 Å². The van der Waals surface area contributed by atoms with Gasteiger partial charge < -0.3 is 9.73 Å². The fourth-order valence-corrected chi connectivity index (χ4v) is 4.41. The molecule has 1 fully saturated rings. The van der Waals surface area contributed by atoms with Gasteiger partial charge in [-0.05, 0) is 49.1 Å². The Morgan fingerprint density at radius 2 is 1.80 bits per heavy atom. The first kappa shape index (κ1) is 17.7. The second kappa shape index (κ2) is 7.84. The van der Waals surface area contributed by atoms with Crippen molar-refractivity contribution in [3.8, 4) is 0 Å². The number of carbonyl (C=O) groups is 1. The van der Waals surface area contributed by atoms with Crippen LogP contribution in [-0.4, -0.2) is 38.3 Å². The van der Waals surface area contributed by atoms with Gasteiger partial charge in [0.15, 0.2) is 5.76 Å². The number of nitrogens with one attached hydrogen (secondary N) is 1. The van der Waals surface area contributed by atoms with E-state index in [1.54, 1.807) is 40.7 Å². The van der Waals surface area contributed by atoms with Gasteiger partial charge in [-0.25, -0.2) is 8.42 Å². The predicted octanol–water partition coefficient (Wildman–Crippen LogP) is 2.43. The monoisotopic (exact) mass is 362 g/mol. The number of amides is 1. The van der Waals surface area contributed by atoms with Gasteiger partial charge in [-0.3, -0.25) is 4.79 Å². The molecule has 0 radical (unpaired) electrons. The summed E-state index contributed by atoms with van der Waals surface area (Å²) in [6.45, 7) is 1.66. The van der Waals surface area contributed by atoms with Gasteiger partial charge in [0.1, 0.15) is 0 Å². The lowest BCUT2D eigenvalue weighted by molar-refractivity contribution is 0.0926. The van der Waals surface area contributed by atoms with Gasteiger partial charge in [-0.1, -0.05) is 18.6 Å². The maximum absolute atomic E-state index is 12.6. The lowest BCUT2D eigenvalue weighted by Crippen LogP contribution is -2.35. The molecule has 0 aliphatic carbocycles. The van der Waals surface area contributed by atoms with Crippen molar-refractivity contribution in [1.29, 1.82) is 0 Å². The largest absolute Gasteiger partial charge is 0.459 e. The van der Waals surface area contributed by atoms with Crippen LogP contribution in [0, 0.1) is 0 Å². The fourth-order valence-electron chi connectivity index (χ4n) is 2.90. The van der Waals surface area contributed by atoms with Gasteiger partial charge in [0.25, 0.3) is 5.91 Å². The Hall–Kier alpha value is -2.12. The summed E-state index contributed by atoms with van der Waals surface area (Å²) < 4.78 is 31.8. The molecule has 7 heteroatoms. The molecule has 2 aromatic rings. The standard InChI is InChI=1S/C18H22N2O4S/c21-18(17-5-4-14-24-17)19-11-10-15-6-8-16(9-7-15)25(22,23)20-12-2-1-3-13-20/h4-9,14H,1-3,10-13H2,(H,19,21). The first-order valence-electron chi connectivity index (χ1n) is 8.48. The first-order valence-corrected chi connectivity index (χ1v) is 9.92. The Morgan fingerprint density at radius 1 is 1.08 bits per heavy atom. The van der Waals surface area contributed by atoms with Crippen molar-refractivity contribution in [2.45, 2.75) is 30.6 Å². The molecule has 0 bridgehead atoms. The Kier molecular flexibility index (Phi) is 5.55. The first-order chi connectivity index (χ1) is 12.1. The third-order valence-electron chi connectivity index (χ3n) is 4.32. The molecule has 1 saturated heterocycles. The molecule has 1 aliphatic rings. The number of rotatable bonds is 6. The van der Waals surface area contributed by atoms with Crippen LogP contribution in [0.2, 0.25) is 0 Å². The topological polar surface area (TPSA) is 79.6 Å². The van der Waals surface area contributed by atoms with Crippen molar-refractivity contribution in [2.24, 2.45) is 0 Å². The van der Waals surface area contributed by atoms with E-state index >= 15 is 0 Å². The third-order valence-corrected chi connectivity index (χ3v) is 6.23. The molecule has 1 N–H and O–H groups in total. The predicted molar refractivity (Wildman–Crippen MR) is 93.8 cm³/mol. The van der Waals surface area contributed by atoms with Crippen LogP contribution in [0.5, 0.6) is 0 Å². The summed E-state index contributed by atoms with van der Waals surface area (Å²) in [6.07, 6.45) is 5.01. The number of hydrogen-bond donors (Lipinski definition) is 1. The molecule has 134 valence electrons. The lowest BCUT2D eigenvalue weighted by Gasteiger charge is -2.25. The summed E-state index contributed by atoms with van der Waals surface area (Å²) >= 11 is 0. The van der Waals surface area contributed by atoms with Gasteiger partial charge in [0.05, 0.1) is 11.2 Å². The van der Waals surface area contributed by atoms with Crippen LogP contribution in [-0.2, 0) is 16.4 Å². The highest BCUT2D eigenvalue weighted by Crippen LogP contribution is 2.20. The van der Waals surface area contributed by atoms with Gasteiger partial charge in [-0.15, -0.1) is 0 Å². The molecule has 2 heterocycles. The summed E-state index contributed by atoms with van der Waals surface area (Å²) in [5.41, 5.74) is 0.970. The number of sulfonamides is 1. The molecule has 0 atom stereocenters. The average molecular weight is 362 g/mol. The van der Waals surface area contributed by atoms with Crippen molar-refractivity contribution in [1.82, 2.24) is 9.62 Å². The van der Waals surface area contributed by atoms with E-state index in [0.717, 1.165) is 24.8 Å². The SMILES string of the molecule is O=C(NCCc1ccc(S(=O)(=O)N2CCCCC2)cc1)c1ccco1. The van der Waals surface area contributed by atoms with E-state index in [1.165, 1.54) is 6.26 Å². The zero-order chi connectivity index (χ0) is 17.7. The Morgan fingerprint density at radius 3 is 2.44 bits per heavy atom. The molecular weight excluding hydrogens is 340 g/mol. The molecule has 1 aliphatic heterocycles. The van der Waals surface area contributed by atoms with Crippen LogP contribution in [0.1, 0.15) is 35.4 Å². The minimum atomic E-state index is -3.39. The highest BCUT2D eigenvalue weighted by Gasteiger charge is 2.25. The molecule has 25 heavy (non-hydrogen) atoms. The molecule has 6 nitrogen and oxygen atoms in total. The van der Waals surface area contributed by atoms with E-state index in [2.05, 4.69) is 5.32 Å². The van der Waals surface area contributed by atoms with E-state index in [-0.39, 0.29) is 11.7 Å². The minimum absolute atomic E-state index is 0.255. The second-order valence-electron chi connectivity index (χ2n) is 6.09. The van der Waals surface area contributed by atoms with Crippen LogP contribution >= 0.6 is 0 Å². The normalized spacial score (nSPS) is 15.8. The van der Waals surface area contributed by atoms with Gasteiger partial charge in [0, 0.05) is 19.6 Å². The highest BCUT2D eigenvalue weighted by molar-refractivity contribution is 7.89. The van der Waals surface area contributed by atoms with Gasteiger partial charge >= 0.3 is 0 Å². The van der Waals surface area contributed by atoms with E-state index in [0.29, 0.717) is 31.0 Å². The smallest absolute Gasteiger partial charge is 0.286 e. The summed E-state index contributed by atoms with van der Waals surface area (Å²) in [5.74, 6) is 0.0252. The van der Waals surface area contributed by atoms with Gasteiger partial charge in [0.2, 0.25) is 10.0 Å². The number of hydrogen-bond acceptors (Lipinski definition) is 4. The molecular formula is C18H22N2O4S. The van der Waals surface area contributed by atoms with Crippen molar-refractivity contribution >= 4 is 15.9 Å². The maximum atomic E-state index is 12.6. The summed E-state index contributed by atoms with van der Waals surface area (Å²) in [4.78, 5) is 12.1. The average Bonchev–Trinajstić information content (AvgIpc) is 3.18. The molecule has 0 saturated carbocycles. The Balaban J connectivity index is 1.56. The highest BCUT2D eigenvalue weighted by atomic mass is 32.2. The minimum Gasteiger partial charge on any atom is -0.459 e. The lowest BCUT2D eigenvalue weighted by atomic mass is 10.1. The van der Waals surface area contributed by atoms with E-state index in [9.17, 15) is 13.2 Å². The summed E-state index contributed by atoms with van der Waals surface area (Å²) in [5, 5.41) is 2.77. The number of furan rings is 1.